The summed E-state index contributed by atoms with van der Waals surface area (Å²) in [5.41, 5.74) is 1.19. The summed E-state index contributed by atoms with van der Waals surface area (Å²) in [6.07, 6.45) is 4.58. The third-order valence-corrected chi connectivity index (χ3v) is 2.34. The maximum atomic E-state index is 4.26. The number of nitrogens with zero attached hydrogens (tertiary/aromatic N) is 2. The molecule has 0 radical (unpaired) electrons. The van der Waals surface area contributed by atoms with Crippen molar-refractivity contribution < 1.29 is 0 Å². The van der Waals surface area contributed by atoms with Crippen LogP contribution >= 0.6 is 15.9 Å². The highest BCUT2D eigenvalue weighted by atomic mass is 79.9. The van der Waals surface area contributed by atoms with Gasteiger partial charge in [0.1, 0.15) is 0 Å². The summed E-state index contributed by atoms with van der Waals surface area (Å²) in [4.78, 5) is 0. The molecule has 0 aromatic carbocycles. The molecule has 0 atom stereocenters. The van der Waals surface area contributed by atoms with Gasteiger partial charge in [-0.25, -0.2) is 0 Å². The molecule has 1 aromatic rings. The first-order valence-corrected chi connectivity index (χ1v) is 4.79. The Morgan fingerprint density at radius 3 is 2.92 bits per heavy atom. The third-order valence-electron chi connectivity index (χ3n) is 1.67. The predicted octanol–water partition coefficient (Wildman–Crippen LogP) is 2.96. The minimum atomic E-state index is 0.409. The van der Waals surface area contributed by atoms with Crippen LogP contribution in [0.25, 0.3) is 0 Å². The van der Waals surface area contributed by atoms with Crippen LogP contribution in [0.3, 0.4) is 0 Å². The Labute approximate surface area is 81.4 Å². The molecule has 0 aliphatic carbocycles. The van der Waals surface area contributed by atoms with Gasteiger partial charge in [0.15, 0.2) is 0 Å². The Kier molecular flexibility index (Phi) is 3.09. The van der Waals surface area contributed by atoms with Gasteiger partial charge in [-0.1, -0.05) is 6.08 Å². The van der Waals surface area contributed by atoms with E-state index in [1.165, 1.54) is 5.69 Å². The van der Waals surface area contributed by atoms with Crippen molar-refractivity contribution in [3.05, 3.63) is 29.0 Å². The molecule has 0 spiro atoms. The van der Waals surface area contributed by atoms with Crippen LogP contribution in [0.1, 0.15) is 25.6 Å². The lowest BCUT2D eigenvalue weighted by Crippen LogP contribution is -2.06. The van der Waals surface area contributed by atoms with E-state index in [4.69, 9.17) is 0 Å². The van der Waals surface area contributed by atoms with Crippen LogP contribution in [-0.4, -0.2) is 9.78 Å². The Balaban J connectivity index is 3.03. The molecule has 0 saturated carbocycles. The van der Waals surface area contributed by atoms with Crippen molar-refractivity contribution in [1.82, 2.24) is 9.78 Å². The molecule has 0 N–H and O–H groups in total. The summed E-state index contributed by atoms with van der Waals surface area (Å²) in [7, 11) is 0. The average molecular weight is 229 g/mol. The summed E-state index contributed by atoms with van der Waals surface area (Å²) in [6, 6.07) is 0.409. The van der Waals surface area contributed by atoms with Gasteiger partial charge in [0.2, 0.25) is 0 Å². The van der Waals surface area contributed by atoms with Crippen molar-refractivity contribution in [2.75, 3.05) is 0 Å². The molecule has 3 heteroatoms. The van der Waals surface area contributed by atoms with Crippen molar-refractivity contribution in [1.29, 1.82) is 0 Å². The molecule has 1 heterocycles. The summed E-state index contributed by atoms with van der Waals surface area (Å²) in [5, 5.41) is 4.26. The zero-order chi connectivity index (χ0) is 9.14. The highest BCUT2D eigenvalue weighted by molar-refractivity contribution is 9.10. The normalized spacial score (nSPS) is 10.7. The van der Waals surface area contributed by atoms with Crippen LogP contribution in [0.5, 0.6) is 0 Å². The number of allylic oxidation sites excluding steroid dienone is 1. The lowest BCUT2D eigenvalue weighted by Gasteiger charge is -2.09. The second-order valence-electron chi connectivity index (χ2n) is 2.97. The number of rotatable bonds is 3. The molecule has 0 saturated heterocycles. The number of hydrogen-bond donors (Lipinski definition) is 0. The van der Waals surface area contributed by atoms with E-state index in [2.05, 4.69) is 41.5 Å². The molecule has 0 fully saturated rings. The molecule has 1 rings (SSSR count). The van der Waals surface area contributed by atoms with Gasteiger partial charge in [-0.15, -0.1) is 6.58 Å². The summed E-state index contributed by atoms with van der Waals surface area (Å²) < 4.78 is 3.07. The second-order valence-corrected chi connectivity index (χ2v) is 3.82. The molecule has 2 nitrogen and oxygen atoms in total. The first kappa shape index (κ1) is 9.52. The molecule has 0 bridgehead atoms. The minimum Gasteiger partial charge on any atom is -0.266 e. The van der Waals surface area contributed by atoms with Gasteiger partial charge in [-0.2, -0.15) is 5.10 Å². The van der Waals surface area contributed by atoms with Crippen LogP contribution in [0.2, 0.25) is 0 Å². The van der Waals surface area contributed by atoms with E-state index in [9.17, 15) is 0 Å². The van der Waals surface area contributed by atoms with Crippen molar-refractivity contribution in [3.8, 4) is 0 Å². The van der Waals surface area contributed by atoms with Gasteiger partial charge in [0, 0.05) is 12.5 Å². The summed E-state index contributed by atoms with van der Waals surface area (Å²) in [6.45, 7) is 7.95. The molecule has 0 aliphatic heterocycles. The first-order valence-electron chi connectivity index (χ1n) is 3.99. The van der Waals surface area contributed by atoms with Crippen molar-refractivity contribution in [2.24, 2.45) is 0 Å². The highest BCUT2D eigenvalue weighted by Crippen LogP contribution is 2.19. The standard InChI is InChI=1S/C9H13BrN2/c1-4-5-9-8(10)6-11-12(9)7(2)3/h4,6-7H,1,5H2,2-3H3. The lowest BCUT2D eigenvalue weighted by atomic mass is 10.3. The molecule has 1 aromatic heterocycles. The number of hydrogen-bond acceptors (Lipinski definition) is 1. The molecular weight excluding hydrogens is 216 g/mol. The molecule has 0 aliphatic rings. The topological polar surface area (TPSA) is 17.8 Å². The maximum Gasteiger partial charge on any atom is 0.0635 e. The van der Waals surface area contributed by atoms with Crippen LogP contribution in [0.4, 0.5) is 0 Å². The minimum absolute atomic E-state index is 0.409. The van der Waals surface area contributed by atoms with Gasteiger partial charge in [-0.3, -0.25) is 4.68 Å². The first-order chi connectivity index (χ1) is 5.66. The highest BCUT2D eigenvalue weighted by Gasteiger charge is 2.08. The smallest absolute Gasteiger partial charge is 0.0635 e. The number of halogens is 1. The van der Waals surface area contributed by atoms with Gasteiger partial charge in [0.25, 0.3) is 0 Å². The SMILES string of the molecule is C=CCc1c(Br)cnn1C(C)C. The Morgan fingerprint density at radius 2 is 2.42 bits per heavy atom. The van der Waals surface area contributed by atoms with Gasteiger partial charge < -0.3 is 0 Å². The fourth-order valence-corrected chi connectivity index (χ4v) is 1.57. The summed E-state index contributed by atoms with van der Waals surface area (Å²) >= 11 is 3.46. The van der Waals surface area contributed by atoms with E-state index in [-0.39, 0.29) is 0 Å². The predicted molar refractivity (Wildman–Crippen MR) is 54.2 cm³/mol. The zero-order valence-electron chi connectivity index (χ0n) is 7.42. The van der Waals surface area contributed by atoms with Gasteiger partial charge in [0.05, 0.1) is 16.4 Å². The second kappa shape index (κ2) is 3.90. The van der Waals surface area contributed by atoms with Crippen LogP contribution in [0.15, 0.2) is 23.3 Å². The van der Waals surface area contributed by atoms with Crippen LogP contribution in [-0.2, 0) is 6.42 Å². The maximum absolute atomic E-state index is 4.26. The molecule has 0 amide bonds. The molecule has 0 unspecified atom stereocenters. The lowest BCUT2D eigenvalue weighted by molar-refractivity contribution is 0.514. The summed E-state index contributed by atoms with van der Waals surface area (Å²) in [5.74, 6) is 0. The zero-order valence-corrected chi connectivity index (χ0v) is 9.00. The van der Waals surface area contributed by atoms with Gasteiger partial charge in [-0.05, 0) is 29.8 Å². The quantitative estimate of drug-likeness (QED) is 0.728. The Bertz CT molecular complexity index is 276. The van der Waals surface area contributed by atoms with E-state index >= 15 is 0 Å². The molecule has 66 valence electrons. The van der Waals surface area contributed by atoms with Crippen molar-refractivity contribution in [3.63, 3.8) is 0 Å². The molecule has 12 heavy (non-hydrogen) atoms. The Hall–Kier alpha value is -0.570. The fraction of sp³-hybridized carbons (Fsp3) is 0.444. The average Bonchev–Trinajstić information content (AvgIpc) is 2.34. The van der Waals surface area contributed by atoms with E-state index in [0.717, 1.165) is 10.9 Å². The largest absolute Gasteiger partial charge is 0.266 e. The van der Waals surface area contributed by atoms with E-state index in [0.29, 0.717) is 6.04 Å². The molecular formula is C9H13BrN2. The number of aromatic nitrogens is 2. The van der Waals surface area contributed by atoms with E-state index < -0.39 is 0 Å². The van der Waals surface area contributed by atoms with Gasteiger partial charge >= 0.3 is 0 Å². The van der Waals surface area contributed by atoms with E-state index in [1.807, 2.05) is 17.0 Å². The van der Waals surface area contributed by atoms with Crippen LogP contribution < -0.4 is 0 Å². The van der Waals surface area contributed by atoms with Crippen molar-refractivity contribution in [2.45, 2.75) is 26.3 Å². The monoisotopic (exact) mass is 228 g/mol. The third kappa shape index (κ3) is 1.78. The van der Waals surface area contributed by atoms with Crippen LogP contribution in [0, 0.1) is 0 Å². The Morgan fingerprint density at radius 1 is 1.75 bits per heavy atom. The fourth-order valence-electron chi connectivity index (χ4n) is 1.14. The van der Waals surface area contributed by atoms with E-state index in [1.54, 1.807) is 0 Å². The van der Waals surface area contributed by atoms with Crippen molar-refractivity contribution >= 4 is 15.9 Å².